The highest BCUT2D eigenvalue weighted by Crippen LogP contribution is 2.45. The number of ether oxygens (including phenoxy) is 4. The summed E-state index contributed by atoms with van der Waals surface area (Å²) in [4.78, 5) is 72.9. The second kappa shape index (κ2) is 72.4. The molecule has 0 radical (unpaired) electrons. The van der Waals surface area contributed by atoms with Crippen molar-refractivity contribution in [1.82, 2.24) is 0 Å². The van der Waals surface area contributed by atoms with Gasteiger partial charge in [0.15, 0.2) is 12.2 Å². The first-order valence-electron chi connectivity index (χ1n) is 39.9. The molecule has 0 aliphatic rings. The Kier molecular flexibility index (Phi) is 70.2. The van der Waals surface area contributed by atoms with E-state index in [0.717, 1.165) is 135 Å². The minimum Gasteiger partial charge on any atom is -0.462 e. The molecule has 574 valence electrons. The van der Waals surface area contributed by atoms with Crippen LogP contribution in [0.2, 0.25) is 0 Å². The van der Waals surface area contributed by atoms with Gasteiger partial charge in [0.05, 0.1) is 26.4 Å². The van der Waals surface area contributed by atoms with Crippen molar-refractivity contribution in [2.24, 2.45) is 0 Å². The van der Waals surface area contributed by atoms with E-state index in [1.54, 1.807) is 0 Å². The summed E-state index contributed by atoms with van der Waals surface area (Å²) >= 11 is 0. The standard InChI is InChI=1S/C79H146O17P2/c1-5-9-13-17-21-25-29-33-36-40-44-48-52-56-60-64-77(82)90-70-75(96-79(84)66-62-58-54-50-46-42-38-35-31-27-23-19-15-11-7-3)72-94-98(87,88)92-68-73(80)67-91-97(85,86)93-71-74(69-89-76(81)63-59-55-51-47-43-39-32-28-24-20-16-12-8-4)95-78(83)65-61-57-53-49-45-41-37-34-30-26-22-18-14-10-6-2/h21-22,25-26,33-34,36-37,73-75,80H,5-20,23-24,27-32,35,38-72H2,1-4H3,(H,85,86)(H,87,88)/b25-21-,26-22-,36-33-,37-34-/t73-,74+,75+/m0/s1. The molecule has 5 atom stereocenters. The number of unbranched alkanes of at least 4 members (excludes halogenated alkanes) is 42. The van der Waals surface area contributed by atoms with Crippen molar-refractivity contribution in [3.05, 3.63) is 48.6 Å². The molecule has 0 rings (SSSR count). The smallest absolute Gasteiger partial charge is 0.462 e. The molecule has 0 heterocycles. The second-order valence-corrected chi connectivity index (χ2v) is 29.9. The predicted octanol–water partition coefficient (Wildman–Crippen LogP) is 22.9. The topological polar surface area (TPSA) is 237 Å². The highest BCUT2D eigenvalue weighted by atomic mass is 31.2. The molecule has 0 fully saturated rings. The minimum atomic E-state index is -4.97. The highest BCUT2D eigenvalue weighted by Gasteiger charge is 2.30. The lowest BCUT2D eigenvalue weighted by Gasteiger charge is -2.21. The third-order valence-corrected chi connectivity index (χ3v) is 19.2. The van der Waals surface area contributed by atoms with Gasteiger partial charge in [-0.25, -0.2) is 9.13 Å². The molecule has 0 saturated carbocycles. The van der Waals surface area contributed by atoms with Gasteiger partial charge in [0, 0.05) is 25.7 Å². The molecule has 0 aliphatic heterocycles. The van der Waals surface area contributed by atoms with E-state index in [1.165, 1.54) is 161 Å². The summed E-state index contributed by atoms with van der Waals surface area (Å²) in [6.45, 7) is 4.87. The van der Waals surface area contributed by atoms with Gasteiger partial charge in [-0.05, 0) is 89.9 Å². The average Bonchev–Trinajstić information content (AvgIpc) is 1.04. The van der Waals surface area contributed by atoms with E-state index in [1.807, 2.05) is 0 Å². The van der Waals surface area contributed by atoms with Crippen molar-refractivity contribution in [1.29, 1.82) is 0 Å². The van der Waals surface area contributed by atoms with Crippen LogP contribution in [0.4, 0.5) is 0 Å². The summed E-state index contributed by atoms with van der Waals surface area (Å²) in [6, 6.07) is 0. The van der Waals surface area contributed by atoms with Gasteiger partial charge in [0.1, 0.15) is 19.3 Å². The monoisotopic (exact) mass is 1430 g/mol. The number of carbonyl (C=O) groups is 4. The van der Waals surface area contributed by atoms with E-state index in [9.17, 15) is 43.2 Å². The van der Waals surface area contributed by atoms with Crippen molar-refractivity contribution in [3.8, 4) is 0 Å². The van der Waals surface area contributed by atoms with E-state index in [2.05, 4.69) is 76.3 Å². The lowest BCUT2D eigenvalue weighted by molar-refractivity contribution is -0.161. The number of esters is 4. The van der Waals surface area contributed by atoms with E-state index < -0.39 is 97.5 Å². The molecular weight excluding hydrogens is 1280 g/mol. The molecule has 17 nitrogen and oxygen atoms in total. The fourth-order valence-electron chi connectivity index (χ4n) is 11.2. The predicted molar refractivity (Wildman–Crippen MR) is 400 cm³/mol. The lowest BCUT2D eigenvalue weighted by atomic mass is 10.0. The summed E-state index contributed by atoms with van der Waals surface area (Å²) in [5, 5.41) is 10.6. The number of hydrogen-bond acceptors (Lipinski definition) is 15. The zero-order valence-electron chi connectivity index (χ0n) is 62.7. The van der Waals surface area contributed by atoms with Crippen LogP contribution in [-0.2, 0) is 65.4 Å². The number of allylic oxidation sites excluding steroid dienone is 8. The van der Waals surface area contributed by atoms with Crippen LogP contribution < -0.4 is 0 Å². The molecule has 0 aliphatic carbocycles. The molecule has 2 unspecified atom stereocenters. The van der Waals surface area contributed by atoms with Crippen molar-refractivity contribution in [3.63, 3.8) is 0 Å². The third-order valence-electron chi connectivity index (χ3n) is 17.3. The summed E-state index contributed by atoms with van der Waals surface area (Å²) < 4.78 is 68.6. The van der Waals surface area contributed by atoms with E-state index >= 15 is 0 Å². The molecule has 0 aromatic carbocycles. The van der Waals surface area contributed by atoms with Crippen LogP contribution in [0.15, 0.2) is 48.6 Å². The Bertz CT molecular complexity index is 2050. The van der Waals surface area contributed by atoms with Crippen molar-refractivity contribution >= 4 is 39.5 Å². The molecule has 0 aromatic heterocycles. The maximum Gasteiger partial charge on any atom is 0.472 e. The van der Waals surface area contributed by atoms with Crippen LogP contribution in [0.25, 0.3) is 0 Å². The number of aliphatic hydroxyl groups is 1. The van der Waals surface area contributed by atoms with E-state index in [0.29, 0.717) is 25.7 Å². The minimum absolute atomic E-state index is 0.0852. The first kappa shape index (κ1) is 95.0. The van der Waals surface area contributed by atoms with Gasteiger partial charge in [-0.2, -0.15) is 0 Å². The molecule has 0 bridgehead atoms. The Labute approximate surface area is 597 Å². The zero-order valence-corrected chi connectivity index (χ0v) is 64.5. The van der Waals surface area contributed by atoms with Crippen molar-refractivity contribution in [2.75, 3.05) is 39.6 Å². The second-order valence-electron chi connectivity index (χ2n) is 27.0. The van der Waals surface area contributed by atoms with Gasteiger partial charge in [-0.3, -0.25) is 37.3 Å². The number of rotatable bonds is 76. The molecule has 0 amide bonds. The van der Waals surface area contributed by atoms with Crippen LogP contribution in [0.3, 0.4) is 0 Å². The number of aliphatic hydroxyl groups excluding tert-OH is 1. The fraction of sp³-hybridized carbons (Fsp3) is 0.848. The molecule has 0 spiro atoms. The van der Waals surface area contributed by atoms with Gasteiger partial charge in [0.2, 0.25) is 0 Å². The van der Waals surface area contributed by atoms with Gasteiger partial charge in [-0.15, -0.1) is 0 Å². The summed E-state index contributed by atoms with van der Waals surface area (Å²) in [5.41, 5.74) is 0. The number of phosphoric acid groups is 2. The van der Waals surface area contributed by atoms with Crippen LogP contribution in [0.1, 0.15) is 374 Å². The van der Waals surface area contributed by atoms with Gasteiger partial charge in [0.25, 0.3) is 0 Å². The quantitative estimate of drug-likeness (QED) is 0.0169. The molecule has 98 heavy (non-hydrogen) atoms. The Balaban J connectivity index is 5.33. The van der Waals surface area contributed by atoms with Crippen LogP contribution in [-0.4, -0.2) is 96.7 Å². The van der Waals surface area contributed by atoms with Gasteiger partial charge >= 0.3 is 39.5 Å². The largest absolute Gasteiger partial charge is 0.472 e. The normalized spacial score (nSPS) is 14.2. The summed E-state index contributed by atoms with van der Waals surface area (Å²) in [6.07, 6.45) is 69.4. The summed E-state index contributed by atoms with van der Waals surface area (Å²) in [5.74, 6) is -2.16. The van der Waals surface area contributed by atoms with Gasteiger partial charge in [-0.1, -0.05) is 307 Å². The molecule has 19 heteroatoms. The highest BCUT2D eigenvalue weighted by molar-refractivity contribution is 7.47. The Morgan fingerprint density at radius 1 is 0.286 bits per heavy atom. The number of phosphoric ester groups is 2. The Hall–Kier alpha value is -2.98. The average molecular weight is 1430 g/mol. The zero-order chi connectivity index (χ0) is 71.8. The maximum absolute atomic E-state index is 13.1. The first-order valence-corrected chi connectivity index (χ1v) is 42.9. The molecule has 3 N–H and O–H groups in total. The van der Waals surface area contributed by atoms with Crippen LogP contribution >= 0.6 is 15.6 Å². The molecule has 0 saturated heterocycles. The van der Waals surface area contributed by atoms with Crippen molar-refractivity contribution < 1.29 is 80.2 Å². The molecule has 0 aromatic rings. The maximum atomic E-state index is 13.1. The number of carbonyl (C=O) groups excluding carboxylic acids is 4. The fourth-order valence-corrected chi connectivity index (χ4v) is 12.7. The van der Waals surface area contributed by atoms with Crippen molar-refractivity contribution in [2.45, 2.75) is 393 Å². The Morgan fingerprint density at radius 2 is 0.500 bits per heavy atom. The Morgan fingerprint density at radius 3 is 0.776 bits per heavy atom. The van der Waals surface area contributed by atoms with Gasteiger partial charge < -0.3 is 33.8 Å². The SMILES string of the molecule is CCCCC/C=C\C/C=C\CCCCCCCC(=O)OC[C@H](COP(=O)(O)OC[C@@H](O)COP(=O)(O)OC[C@@H](COC(=O)CCCCCCCCCCCCCCC)OC(=O)CCCCCCC/C=C\C/C=C\CCCCC)OC(=O)CCCCCCCCCCCCCCCCC. The van der Waals surface area contributed by atoms with E-state index in [-0.39, 0.29) is 25.7 Å². The molecular formula is C79H146O17P2. The lowest BCUT2D eigenvalue weighted by Crippen LogP contribution is -2.30. The number of hydrogen-bond donors (Lipinski definition) is 3. The third kappa shape index (κ3) is 71.4. The van der Waals surface area contributed by atoms with Crippen LogP contribution in [0.5, 0.6) is 0 Å². The van der Waals surface area contributed by atoms with E-state index in [4.69, 9.17) is 37.0 Å². The van der Waals surface area contributed by atoms with Crippen LogP contribution in [0, 0.1) is 0 Å². The first-order chi connectivity index (χ1) is 47.7. The summed E-state index contributed by atoms with van der Waals surface area (Å²) in [7, 11) is -9.94.